The van der Waals surface area contributed by atoms with E-state index in [-0.39, 0.29) is 0 Å². The Labute approximate surface area is 194 Å². The number of hydrogen-bond acceptors (Lipinski definition) is 5. The molecule has 0 aliphatic rings. The van der Waals surface area contributed by atoms with Gasteiger partial charge in [0, 0.05) is 0 Å². The first-order valence-corrected chi connectivity index (χ1v) is 12.2. The van der Waals surface area contributed by atoms with Crippen molar-refractivity contribution >= 4 is 27.3 Å². The van der Waals surface area contributed by atoms with Gasteiger partial charge < -0.3 is 4.74 Å². The third kappa shape index (κ3) is 6.43. The van der Waals surface area contributed by atoms with Crippen molar-refractivity contribution in [2.45, 2.75) is 26.8 Å². The average Bonchev–Trinajstić information content (AvgIpc) is 2.78. The van der Waals surface area contributed by atoms with Crippen LogP contribution in [0.3, 0.4) is 0 Å². The molecule has 7 nitrogen and oxygen atoms in total. The lowest BCUT2D eigenvalue weighted by Crippen LogP contribution is -2.46. The number of rotatable bonds is 8. The lowest BCUT2D eigenvalue weighted by Gasteiger charge is -2.27. The first kappa shape index (κ1) is 24.0. The van der Waals surface area contributed by atoms with Crippen molar-refractivity contribution in [3.05, 3.63) is 90.0 Å². The van der Waals surface area contributed by atoms with Crippen molar-refractivity contribution in [1.29, 1.82) is 0 Å². The summed E-state index contributed by atoms with van der Waals surface area (Å²) in [5, 5.41) is 4.14. The zero-order chi connectivity index (χ0) is 24.0. The largest absolute Gasteiger partial charge is 0.457 e. The molecule has 0 aliphatic carbocycles. The third-order valence-corrected chi connectivity index (χ3v) is 6.20. The maximum Gasteiger partial charge on any atom is 0.263 e. The number of para-hydroxylation sites is 1. The summed E-state index contributed by atoms with van der Waals surface area (Å²) >= 11 is 0. The Balaban J connectivity index is 1.75. The molecule has 1 N–H and O–H groups in total. The molecule has 0 saturated heterocycles. The number of carbonyl (C=O) groups excluding carboxylic acids is 1. The summed E-state index contributed by atoms with van der Waals surface area (Å²) in [7, 11) is -3.75. The van der Waals surface area contributed by atoms with Crippen molar-refractivity contribution in [1.82, 2.24) is 5.43 Å². The van der Waals surface area contributed by atoms with E-state index in [0.29, 0.717) is 22.9 Å². The molecule has 3 aromatic rings. The van der Waals surface area contributed by atoms with Gasteiger partial charge in [0.1, 0.15) is 17.5 Å². The number of benzene rings is 3. The summed E-state index contributed by atoms with van der Waals surface area (Å²) in [4.78, 5) is 12.8. The van der Waals surface area contributed by atoms with Crippen LogP contribution in [0.4, 0.5) is 5.69 Å². The highest BCUT2D eigenvalue weighted by atomic mass is 32.2. The van der Waals surface area contributed by atoms with Crippen LogP contribution in [0.25, 0.3) is 0 Å². The van der Waals surface area contributed by atoms with Crippen LogP contribution in [0.1, 0.15) is 25.0 Å². The Morgan fingerprint density at radius 3 is 2.09 bits per heavy atom. The van der Waals surface area contributed by atoms with Crippen LogP contribution in [0.15, 0.2) is 84.0 Å². The van der Waals surface area contributed by atoms with E-state index in [1.807, 2.05) is 61.5 Å². The standard InChI is InChI=1S/C25H27N3O4S/c1-18-10-12-21(13-11-18)19(2)26-27-25(29)20(3)28(33(4,30)31)22-14-16-24(17-15-22)32-23-8-6-5-7-9-23/h5-17,20H,1-4H3,(H,27,29)/b26-19-/t20-/m1/s1. The highest BCUT2D eigenvalue weighted by Crippen LogP contribution is 2.26. The molecule has 3 rings (SSSR count). The molecule has 0 radical (unpaired) electrons. The predicted molar refractivity (Wildman–Crippen MR) is 131 cm³/mol. The lowest BCUT2D eigenvalue weighted by molar-refractivity contribution is -0.121. The maximum absolute atomic E-state index is 12.8. The van der Waals surface area contributed by atoms with Gasteiger partial charge in [-0.15, -0.1) is 0 Å². The van der Waals surface area contributed by atoms with E-state index < -0.39 is 22.0 Å². The van der Waals surface area contributed by atoms with Gasteiger partial charge in [0.2, 0.25) is 10.0 Å². The molecule has 3 aromatic carbocycles. The van der Waals surface area contributed by atoms with E-state index in [1.165, 1.54) is 6.92 Å². The lowest BCUT2D eigenvalue weighted by atomic mass is 10.1. The maximum atomic E-state index is 12.8. The van der Waals surface area contributed by atoms with E-state index in [4.69, 9.17) is 4.74 Å². The van der Waals surface area contributed by atoms with Gasteiger partial charge in [-0.05, 0) is 62.7 Å². The van der Waals surface area contributed by atoms with E-state index in [2.05, 4.69) is 10.5 Å². The number of nitrogens with zero attached hydrogens (tertiary/aromatic N) is 2. The predicted octanol–water partition coefficient (Wildman–Crippen LogP) is 4.48. The molecule has 172 valence electrons. The summed E-state index contributed by atoms with van der Waals surface area (Å²) in [6.07, 6.45) is 1.06. The Morgan fingerprint density at radius 1 is 0.939 bits per heavy atom. The molecule has 0 unspecified atom stereocenters. The third-order valence-electron chi connectivity index (χ3n) is 4.96. The number of anilines is 1. The van der Waals surface area contributed by atoms with Crippen molar-refractivity contribution in [3.8, 4) is 11.5 Å². The van der Waals surface area contributed by atoms with Gasteiger partial charge in [0.05, 0.1) is 17.7 Å². The van der Waals surface area contributed by atoms with Gasteiger partial charge in [-0.2, -0.15) is 5.10 Å². The molecule has 0 aliphatic heterocycles. The van der Waals surface area contributed by atoms with Gasteiger partial charge in [-0.25, -0.2) is 13.8 Å². The van der Waals surface area contributed by atoms with Crippen molar-refractivity contribution in [2.24, 2.45) is 5.10 Å². The molecule has 0 spiro atoms. The minimum atomic E-state index is -3.75. The highest BCUT2D eigenvalue weighted by Gasteiger charge is 2.29. The van der Waals surface area contributed by atoms with Crippen LogP contribution < -0.4 is 14.5 Å². The molecule has 8 heteroatoms. The second-order valence-electron chi connectivity index (χ2n) is 7.68. The number of amides is 1. The van der Waals surface area contributed by atoms with E-state index >= 15 is 0 Å². The van der Waals surface area contributed by atoms with Crippen LogP contribution in [-0.4, -0.2) is 32.3 Å². The SMILES string of the molecule is C/C(=N/NC(=O)[C@@H](C)N(c1ccc(Oc2ccccc2)cc1)S(C)(=O)=O)c1ccc(C)cc1. The van der Waals surface area contributed by atoms with E-state index in [9.17, 15) is 13.2 Å². The Hall–Kier alpha value is -3.65. The monoisotopic (exact) mass is 465 g/mol. The first-order chi connectivity index (χ1) is 15.6. The van der Waals surface area contributed by atoms with Crippen molar-refractivity contribution < 1.29 is 17.9 Å². The quantitative estimate of drug-likeness (QED) is 0.392. The minimum Gasteiger partial charge on any atom is -0.457 e. The molecular formula is C25H27N3O4S. The Bertz CT molecular complexity index is 1220. The molecule has 0 bridgehead atoms. The molecule has 1 atom stereocenters. The zero-order valence-electron chi connectivity index (χ0n) is 19.0. The summed E-state index contributed by atoms with van der Waals surface area (Å²) in [5.74, 6) is 0.671. The smallest absolute Gasteiger partial charge is 0.263 e. The fourth-order valence-electron chi connectivity index (χ4n) is 3.19. The fraction of sp³-hybridized carbons (Fsp3) is 0.200. The first-order valence-electron chi connectivity index (χ1n) is 10.4. The van der Waals surface area contributed by atoms with Crippen LogP contribution in [0.2, 0.25) is 0 Å². The number of hydrazone groups is 1. The normalized spacial score (nSPS) is 12.7. The second-order valence-corrected chi connectivity index (χ2v) is 9.54. The zero-order valence-corrected chi connectivity index (χ0v) is 19.8. The van der Waals surface area contributed by atoms with Gasteiger partial charge >= 0.3 is 0 Å². The minimum absolute atomic E-state index is 0.347. The highest BCUT2D eigenvalue weighted by molar-refractivity contribution is 7.92. The molecule has 0 heterocycles. The summed E-state index contributed by atoms with van der Waals surface area (Å²) in [5.41, 5.74) is 5.42. The van der Waals surface area contributed by atoms with Crippen molar-refractivity contribution in [3.63, 3.8) is 0 Å². The number of nitrogens with one attached hydrogen (secondary N) is 1. The molecule has 0 aromatic heterocycles. The number of sulfonamides is 1. The Kier molecular flexibility index (Phi) is 7.50. The summed E-state index contributed by atoms with van der Waals surface area (Å²) in [6.45, 7) is 5.27. The van der Waals surface area contributed by atoms with Crippen molar-refractivity contribution in [2.75, 3.05) is 10.6 Å². The van der Waals surface area contributed by atoms with Crippen LogP contribution in [0, 0.1) is 6.92 Å². The molecule has 33 heavy (non-hydrogen) atoms. The topological polar surface area (TPSA) is 88.1 Å². The number of carbonyl (C=O) groups is 1. The van der Waals surface area contributed by atoms with E-state index in [0.717, 1.165) is 21.7 Å². The fourth-order valence-corrected chi connectivity index (χ4v) is 4.36. The van der Waals surface area contributed by atoms with Crippen LogP contribution >= 0.6 is 0 Å². The number of hydrogen-bond donors (Lipinski definition) is 1. The van der Waals surface area contributed by atoms with Gasteiger partial charge in [-0.3, -0.25) is 9.10 Å². The molecule has 1 amide bonds. The van der Waals surface area contributed by atoms with Gasteiger partial charge in [-0.1, -0.05) is 48.0 Å². The molecule has 0 saturated carbocycles. The van der Waals surface area contributed by atoms with E-state index in [1.54, 1.807) is 31.2 Å². The second kappa shape index (κ2) is 10.3. The summed E-state index contributed by atoms with van der Waals surface area (Å²) < 4.78 is 31.9. The molecule has 0 fully saturated rings. The van der Waals surface area contributed by atoms with Crippen LogP contribution in [0.5, 0.6) is 11.5 Å². The van der Waals surface area contributed by atoms with Gasteiger partial charge in [0.25, 0.3) is 5.91 Å². The van der Waals surface area contributed by atoms with Gasteiger partial charge in [0.15, 0.2) is 0 Å². The summed E-state index contributed by atoms with van der Waals surface area (Å²) in [6, 6.07) is 22.5. The van der Waals surface area contributed by atoms with Crippen LogP contribution in [-0.2, 0) is 14.8 Å². The average molecular weight is 466 g/mol. The molecular weight excluding hydrogens is 438 g/mol. The number of ether oxygens (including phenoxy) is 1. The Morgan fingerprint density at radius 2 is 1.52 bits per heavy atom. The number of aryl methyl sites for hydroxylation is 1.